The van der Waals surface area contributed by atoms with Gasteiger partial charge in [0.1, 0.15) is 17.9 Å². The lowest BCUT2D eigenvalue weighted by atomic mass is 10.0. The van der Waals surface area contributed by atoms with Gasteiger partial charge in [-0.15, -0.1) is 11.3 Å². The standard InChI is InChI=1S/C25H23ClN4OS2/c1-5-7-21(30(3)4)18-12-16(2)29-24-17(18)8-6-9-22(24)31-15-19-20(26)13-27-14-23(19)33-25-28-10-11-32-25/h5-14H,1,15H2,2-4H3/b21-7-. The number of hydrogen-bond donors (Lipinski definition) is 0. The van der Waals surface area contributed by atoms with Crippen LogP contribution in [0.3, 0.4) is 0 Å². The Kier molecular flexibility index (Phi) is 7.33. The molecule has 0 fully saturated rings. The van der Waals surface area contributed by atoms with E-state index in [0.29, 0.717) is 17.4 Å². The van der Waals surface area contributed by atoms with E-state index in [-0.39, 0.29) is 0 Å². The highest BCUT2D eigenvalue weighted by Gasteiger charge is 2.16. The van der Waals surface area contributed by atoms with E-state index in [9.17, 15) is 0 Å². The Bertz CT molecular complexity index is 1320. The summed E-state index contributed by atoms with van der Waals surface area (Å²) < 4.78 is 7.23. The van der Waals surface area contributed by atoms with Crippen LogP contribution in [0.4, 0.5) is 0 Å². The average molecular weight is 495 g/mol. The number of pyridine rings is 2. The number of hydrogen-bond acceptors (Lipinski definition) is 7. The van der Waals surface area contributed by atoms with Gasteiger partial charge in [0, 0.05) is 70.9 Å². The minimum Gasteiger partial charge on any atom is -0.487 e. The first kappa shape index (κ1) is 23.3. The maximum Gasteiger partial charge on any atom is 0.154 e. The smallest absolute Gasteiger partial charge is 0.154 e. The van der Waals surface area contributed by atoms with Gasteiger partial charge in [0.2, 0.25) is 0 Å². The zero-order valence-electron chi connectivity index (χ0n) is 18.6. The largest absolute Gasteiger partial charge is 0.487 e. The number of benzene rings is 1. The van der Waals surface area contributed by atoms with Gasteiger partial charge in [-0.25, -0.2) is 9.97 Å². The zero-order valence-corrected chi connectivity index (χ0v) is 21.0. The lowest BCUT2D eigenvalue weighted by Gasteiger charge is -2.20. The molecule has 0 aliphatic heterocycles. The van der Waals surface area contributed by atoms with Gasteiger partial charge in [0.05, 0.1) is 5.02 Å². The Morgan fingerprint density at radius 2 is 2.15 bits per heavy atom. The molecule has 8 heteroatoms. The molecule has 3 aromatic heterocycles. The van der Waals surface area contributed by atoms with E-state index in [2.05, 4.69) is 33.6 Å². The molecule has 0 saturated heterocycles. The fourth-order valence-electron chi connectivity index (χ4n) is 3.45. The second kappa shape index (κ2) is 10.4. The van der Waals surface area contributed by atoms with Crippen LogP contribution in [0.2, 0.25) is 5.02 Å². The SMILES string of the molecule is C=C/C=C(/c1cc(C)nc2c(OCc3c(Cl)cncc3Sc3nccs3)cccc12)N(C)C. The predicted octanol–water partition coefficient (Wildman–Crippen LogP) is 6.87. The highest BCUT2D eigenvalue weighted by atomic mass is 35.5. The van der Waals surface area contributed by atoms with Crippen molar-refractivity contribution in [2.75, 3.05) is 14.1 Å². The number of para-hydroxylation sites is 1. The van der Waals surface area contributed by atoms with E-state index >= 15 is 0 Å². The van der Waals surface area contributed by atoms with Crippen molar-refractivity contribution in [3.05, 3.63) is 88.8 Å². The summed E-state index contributed by atoms with van der Waals surface area (Å²) in [5, 5.41) is 3.52. The third-order valence-corrected chi connectivity index (χ3v) is 7.19. The van der Waals surface area contributed by atoms with Crippen LogP contribution in [0.15, 0.2) is 76.2 Å². The summed E-state index contributed by atoms with van der Waals surface area (Å²) >= 11 is 9.61. The average Bonchev–Trinajstić information content (AvgIpc) is 3.29. The van der Waals surface area contributed by atoms with E-state index in [4.69, 9.17) is 21.3 Å². The molecule has 0 atom stereocenters. The van der Waals surface area contributed by atoms with Gasteiger partial charge in [0.25, 0.3) is 0 Å². The summed E-state index contributed by atoms with van der Waals surface area (Å²) in [7, 11) is 4.04. The van der Waals surface area contributed by atoms with Crippen molar-refractivity contribution in [3.8, 4) is 5.75 Å². The number of halogens is 1. The van der Waals surface area contributed by atoms with Crippen LogP contribution in [-0.4, -0.2) is 33.9 Å². The summed E-state index contributed by atoms with van der Waals surface area (Å²) in [4.78, 5) is 16.4. The third-order valence-electron chi connectivity index (χ3n) is 4.91. The molecule has 4 aromatic rings. The highest BCUT2D eigenvalue weighted by Crippen LogP contribution is 2.36. The van der Waals surface area contributed by atoms with Gasteiger partial charge in [-0.05, 0) is 25.1 Å². The normalized spacial score (nSPS) is 11.6. The molecular weight excluding hydrogens is 472 g/mol. The number of aryl methyl sites for hydroxylation is 1. The van der Waals surface area contributed by atoms with Gasteiger partial charge in [-0.1, -0.05) is 48.2 Å². The van der Waals surface area contributed by atoms with E-state index in [1.54, 1.807) is 36.0 Å². The lowest BCUT2D eigenvalue weighted by molar-refractivity contribution is 0.306. The zero-order chi connectivity index (χ0) is 23.4. The van der Waals surface area contributed by atoms with Crippen molar-refractivity contribution in [2.24, 2.45) is 0 Å². The van der Waals surface area contributed by atoms with Crippen molar-refractivity contribution in [2.45, 2.75) is 22.8 Å². The first-order valence-electron chi connectivity index (χ1n) is 10.2. The van der Waals surface area contributed by atoms with Crippen molar-refractivity contribution >= 4 is 51.3 Å². The number of thiazole rings is 1. The summed E-state index contributed by atoms with van der Waals surface area (Å²) in [6, 6.07) is 8.07. The molecule has 0 aliphatic rings. The molecule has 0 amide bonds. The minimum atomic E-state index is 0.294. The number of allylic oxidation sites excluding steroid dienone is 2. The first-order valence-corrected chi connectivity index (χ1v) is 12.3. The Morgan fingerprint density at radius 3 is 2.88 bits per heavy atom. The summed E-state index contributed by atoms with van der Waals surface area (Å²) in [5.41, 5.74) is 4.72. The monoisotopic (exact) mass is 494 g/mol. The maximum absolute atomic E-state index is 6.50. The van der Waals surface area contributed by atoms with Crippen LogP contribution in [0.25, 0.3) is 16.6 Å². The minimum absolute atomic E-state index is 0.294. The Labute approximate surface area is 206 Å². The fourth-order valence-corrected chi connectivity index (χ4v) is 5.41. The highest BCUT2D eigenvalue weighted by molar-refractivity contribution is 8.01. The van der Waals surface area contributed by atoms with Crippen LogP contribution in [0.5, 0.6) is 5.75 Å². The van der Waals surface area contributed by atoms with Crippen LogP contribution < -0.4 is 4.74 Å². The summed E-state index contributed by atoms with van der Waals surface area (Å²) in [5.74, 6) is 0.701. The van der Waals surface area contributed by atoms with Gasteiger partial charge in [-0.2, -0.15) is 0 Å². The maximum atomic E-state index is 6.50. The quantitative estimate of drug-likeness (QED) is 0.249. The van der Waals surface area contributed by atoms with E-state index in [1.807, 2.05) is 44.6 Å². The molecule has 5 nitrogen and oxygen atoms in total. The number of nitrogens with zero attached hydrogens (tertiary/aromatic N) is 4. The summed E-state index contributed by atoms with van der Waals surface area (Å²) in [6.07, 6.45) is 9.01. The molecule has 168 valence electrons. The first-order chi connectivity index (χ1) is 16.0. The Morgan fingerprint density at radius 1 is 1.30 bits per heavy atom. The lowest BCUT2D eigenvalue weighted by Crippen LogP contribution is -2.11. The van der Waals surface area contributed by atoms with Crippen LogP contribution >= 0.6 is 34.7 Å². The molecule has 1 aromatic carbocycles. The molecule has 0 bridgehead atoms. The predicted molar refractivity (Wildman–Crippen MR) is 138 cm³/mol. The molecule has 0 radical (unpaired) electrons. The second-order valence-electron chi connectivity index (χ2n) is 7.43. The van der Waals surface area contributed by atoms with Crippen molar-refractivity contribution in [1.29, 1.82) is 0 Å². The van der Waals surface area contributed by atoms with Crippen LogP contribution in [-0.2, 0) is 6.61 Å². The third kappa shape index (κ3) is 5.21. The van der Waals surface area contributed by atoms with Crippen molar-refractivity contribution in [1.82, 2.24) is 19.9 Å². The topological polar surface area (TPSA) is 51.1 Å². The van der Waals surface area contributed by atoms with Gasteiger partial charge in [0.15, 0.2) is 4.34 Å². The van der Waals surface area contributed by atoms with Gasteiger partial charge in [-0.3, -0.25) is 4.98 Å². The number of ether oxygens (including phenoxy) is 1. The van der Waals surface area contributed by atoms with E-state index in [1.165, 1.54) is 11.8 Å². The van der Waals surface area contributed by atoms with Crippen molar-refractivity contribution < 1.29 is 4.74 Å². The van der Waals surface area contributed by atoms with Crippen LogP contribution in [0, 0.1) is 6.92 Å². The Hall–Kier alpha value is -2.87. The number of fused-ring (bicyclic) bond motifs is 1. The molecule has 0 saturated carbocycles. The van der Waals surface area contributed by atoms with Gasteiger partial charge >= 0.3 is 0 Å². The van der Waals surface area contributed by atoms with E-state index < -0.39 is 0 Å². The molecule has 0 spiro atoms. The molecule has 0 N–H and O–H groups in total. The molecule has 33 heavy (non-hydrogen) atoms. The van der Waals surface area contributed by atoms with Gasteiger partial charge < -0.3 is 9.64 Å². The Balaban J connectivity index is 1.72. The van der Waals surface area contributed by atoms with E-state index in [0.717, 1.165) is 42.7 Å². The molecule has 0 aliphatic carbocycles. The van der Waals surface area contributed by atoms with Crippen LogP contribution in [0.1, 0.15) is 16.8 Å². The second-order valence-corrected chi connectivity index (χ2v) is 10.0. The molecule has 4 rings (SSSR count). The number of aromatic nitrogens is 3. The molecular formula is C25H23ClN4OS2. The fraction of sp³-hybridized carbons (Fsp3) is 0.160. The number of rotatable bonds is 8. The molecule has 0 unspecified atom stereocenters. The van der Waals surface area contributed by atoms with Crippen molar-refractivity contribution in [3.63, 3.8) is 0 Å². The molecule has 3 heterocycles. The summed E-state index contributed by atoms with van der Waals surface area (Å²) in [6.45, 7) is 6.15.